The van der Waals surface area contributed by atoms with Gasteiger partial charge < -0.3 is 67.1 Å². The van der Waals surface area contributed by atoms with Gasteiger partial charge in [0.2, 0.25) is 0 Å². The summed E-state index contributed by atoms with van der Waals surface area (Å²) in [6, 6.07) is 19.0. The monoisotopic (exact) mass is 1140 g/mol. The molecule has 0 aliphatic rings. The van der Waals surface area contributed by atoms with E-state index in [4.69, 9.17) is 37.9 Å². The smallest absolute Gasteiger partial charge is 0.491 e. The maximum atomic E-state index is 12.7. The van der Waals surface area contributed by atoms with Crippen LogP contribution in [0.2, 0.25) is 0 Å². The summed E-state index contributed by atoms with van der Waals surface area (Å²) in [5, 5.41) is 21.0. The van der Waals surface area contributed by atoms with Crippen molar-refractivity contribution >= 4 is 0 Å². The van der Waals surface area contributed by atoms with Crippen molar-refractivity contribution < 1.29 is 120 Å². The maximum absolute atomic E-state index is 12.7. The Bertz CT molecular complexity index is 2060. The van der Waals surface area contributed by atoms with Gasteiger partial charge in [0.1, 0.15) is 72.4 Å². The topological polar surface area (TPSA) is 151 Å². The van der Waals surface area contributed by atoms with Crippen LogP contribution in [0.1, 0.15) is 78.1 Å². The van der Waals surface area contributed by atoms with Crippen LogP contribution >= 0.6 is 0 Å². The lowest BCUT2D eigenvalue weighted by Gasteiger charge is -2.24. The molecule has 6 unspecified atom stereocenters. The average Bonchev–Trinajstić information content (AvgIpc) is 3.35. The predicted molar refractivity (Wildman–Crippen MR) is 253 cm³/mol. The minimum Gasteiger partial charge on any atom is -0.491 e. The third-order valence-corrected chi connectivity index (χ3v) is 10.6. The van der Waals surface area contributed by atoms with Crippen LogP contribution in [-0.4, -0.2) is 112 Å². The van der Waals surface area contributed by atoms with Crippen molar-refractivity contribution in [2.45, 2.75) is 141 Å². The first-order valence-corrected chi connectivity index (χ1v) is 24.6. The average molecular weight is 1140 g/mol. The van der Waals surface area contributed by atoms with Gasteiger partial charge in [-0.25, -0.2) is 0 Å². The highest BCUT2D eigenvalue weighted by Crippen LogP contribution is 2.29. The fourth-order valence-corrected chi connectivity index (χ4v) is 7.09. The maximum Gasteiger partial charge on any atom is 0.573 e. The van der Waals surface area contributed by atoms with Gasteiger partial charge >= 0.3 is 25.4 Å². The fraction of sp³-hybridized carbons (Fsp3) is 0.538. The van der Waals surface area contributed by atoms with E-state index in [2.05, 4.69) is 18.9 Å². The number of alkyl halides is 12. The number of aliphatic hydroxyl groups is 2. The minimum absolute atomic E-state index is 0.0156. The molecular weight excluding hydrogens is 1080 g/mol. The second-order valence-corrected chi connectivity index (χ2v) is 17.3. The summed E-state index contributed by atoms with van der Waals surface area (Å²) >= 11 is 0. The summed E-state index contributed by atoms with van der Waals surface area (Å²) in [5.74, 6) is -0.765. The molecule has 0 spiro atoms. The molecule has 26 heteroatoms. The summed E-state index contributed by atoms with van der Waals surface area (Å²) < 4.78 is 213. The summed E-state index contributed by atoms with van der Waals surface area (Å²) in [6.07, 6.45) is -19.3. The van der Waals surface area contributed by atoms with E-state index in [1.54, 1.807) is 13.8 Å². The van der Waals surface area contributed by atoms with Crippen molar-refractivity contribution in [2.24, 2.45) is 0 Å². The van der Waals surface area contributed by atoms with Crippen LogP contribution in [0, 0.1) is 0 Å². The molecule has 0 bridgehead atoms. The molecule has 0 aliphatic heterocycles. The largest absolute Gasteiger partial charge is 0.573 e. The van der Waals surface area contributed by atoms with Crippen LogP contribution in [0.5, 0.6) is 46.0 Å². The van der Waals surface area contributed by atoms with Gasteiger partial charge in [-0.1, -0.05) is 25.7 Å². The molecule has 0 saturated carbocycles. The van der Waals surface area contributed by atoms with Gasteiger partial charge in [0, 0.05) is 13.2 Å². The number of ether oxygens (including phenoxy) is 12. The molecule has 2 N–H and O–H groups in total. The van der Waals surface area contributed by atoms with E-state index < -0.39 is 85.4 Å². The quantitative estimate of drug-likeness (QED) is 0.0250. The van der Waals surface area contributed by atoms with E-state index in [0.29, 0.717) is 64.2 Å². The highest BCUT2D eigenvalue weighted by molar-refractivity contribution is 5.34. The lowest BCUT2D eigenvalue weighted by molar-refractivity contribution is -0.275. The van der Waals surface area contributed by atoms with Gasteiger partial charge in [-0.3, -0.25) is 0 Å². The fourth-order valence-electron chi connectivity index (χ4n) is 7.09. The molecule has 4 aromatic carbocycles. The number of hydrogen-bond donors (Lipinski definition) is 2. The predicted octanol–water partition coefficient (Wildman–Crippen LogP) is 13.0. The van der Waals surface area contributed by atoms with Gasteiger partial charge in [-0.15, -0.1) is 52.7 Å². The van der Waals surface area contributed by atoms with Gasteiger partial charge in [-0.2, -0.15) is 0 Å². The van der Waals surface area contributed by atoms with E-state index >= 15 is 0 Å². The molecule has 0 heterocycles. The highest BCUT2D eigenvalue weighted by atomic mass is 19.4. The summed E-state index contributed by atoms with van der Waals surface area (Å²) in [6.45, 7) is 3.56. The number of halogens is 12. The first kappa shape index (κ1) is 64.7. The molecule has 4 rings (SSSR count). The van der Waals surface area contributed by atoms with Crippen LogP contribution < -0.4 is 37.9 Å². The molecule has 14 nitrogen and oxygen atoms in total. The van der Waals surface area contributed by atoms with Gasteiger partial charge in [-0.05, 0) is 149 Å². The van der Waals surface area contributed by atoms with Crippen molar-refractivity contribution in [3.8, 4) is 46.0 Å². The molecule has 0 saturated heterocycles. The number of unbranched alkanes of at least 4 members (excludes halogenated alkanes) is 3. The molecule has 4 aromatic rings. The van der Waals surface area contributed by atoms with Crippen molar-refractivity contribution in [2.75, 3.05) is 39.6 Å². The lowest BCUT2D eigenvalue weighted by atomic mass is 10.1. The minimum atomic E-state index is -4.87. The number of benzene rings is 4. The van der Waals surface area contributed by atoms with E-state index in [9.17, 15) is 62.9 Å². The highest BCUT2D eigenvalue weighted by Gasteiger charge is 2.33. The third kappa shape index (κ3) is 30.4. The van der Waals surface area contributed by atoms with Crippen molar-refractivity contribution in [1.29, 1.82) is 0 Å². The number of hydrogen-bond acceptors (Lipinski definition) is 14. The molecule has 0 aliphatic carbocycles. The molecule has 438 valence electrons. The Labute approximate surface area is 442 Å². The Kier molecular flexibility index (Phi) is 26.8. The summed E-state index contributed by atoms with van der Waals surface area (Å²) in [4.78, 5) is 0. The van der Waals surface area contributed by atoms with Crippen molar-refractivity contribution in [3.63, 3.8) is 0 Å². The van der Waals surface area contributed by atoms with E-state index in [1.165, 1.54) is 48.5 Å². The summed E-state index contributed by atoms with van der Waals surface area (Å²) in [7, 11) is 0. The second-order valence-electron chi connectivity index (χ2n) is 17.3. The Morgan fingerprint density at radius 3 is 0.821 bits per heavy atom. The van der Waals surface area contributed by atoms with Crippen LogP contribution in [0.15, 0.2) is 97.1 Å². The first-order valence-electron chi connectivity index (χ1n) is 24.6. The Morgan fingerprint density at radius 2 is 0.564 bits per heavy atom. The van der Waals surface area contributed by atoms with Gasteiger partial charge in [0.25, 0.3) is 0 Å². The van der Waals surface area contributed by atoms with Crippen molar-refractivity contribution in [1.82, 2.24) is 0 Å². The first-order chi connectivity index (χ1) is 36.7. The van der Waals surface area contributed by atoms with E-state index in [0.717, 1.165) is 48.5 Å². The standard InChI is InChI=1S/C52H62F12O14/c1-35(73-47(33-71-41-17-25-45(26-18-41)77-51(59,60)61)11-5-3-9-37(65)31-69-39-13-21-43(22-14-39)75-49(53,54)55)67-29-7-8-30-68-36(2)74-48(34-72-42-19-27-46(28-20-42)78-52(62,63)64)12-6-4-10-38(66)32-70-40-15-23-44(24-16-40)76-50(56,57)58/h13-28,35-38,47-48,65-66H,3-12,29-34H2,1-2H3. The van der Waals surface area contributed by atoms with Crippen LogP contribution in [0.3, 0.4) is 0 Å². The number of aliphatic hydroxyl groups excluding tert-OH is 2. The second kappa shape index (κ2) is 32.3. The molecule has 0 fully saturated rings. The van der Waals surface area contributed by atoms with E-state index in [-0.39, 0.29) is 62.6 Å². The molecule has 6 atom stereocenters. The van der Waals surface area contributed by atoms with Gasteiger partial charge in [0.05, 0.1) is 24.4 Å². The SMILES string of the molecule is CC(OCCCCOC(C)OC(CCCCC(O)COc1ccc(OC(F)(F)F)cc1)COc1ccc(OC(F)(F)F)cc1)OC(CCCCC(O)COc1ccc(OC(F)(F)F)cc1)COc1ccc(OC(F)(F)F)cc1. The normalized spacial score (nSPS) is 14.6. The number of rotatable bonds is 37. The third-order valence-electron chi connectivity index (χ3n) is 10.6. The molecule has 0 aromatic heterocycles. The van der Waals surface area contributed by atoms with Crippen LogP contribution in [0.25, 0.3) is 0 Å². The van der Waals surface area contributed by atoms with Crippen molar-refractivity contribution in [3.05, 3.63) is 97.1 Å². The van der Waals surface area contributed by atoms with Gasteiger partial charge in [0.15, 0.2) is 12.6 Å². The summed E-state index contributed by atoms with van der Waals surface area (Å²) in [5.41, 5.74) is 0. The zero-order valence-electron chi connectivity index (χ0n) is 42.3. The Morgan fingerprint density at radius 1 is 0.333 bits per heavy atom. The van der Waals surface area contributed by atoms with Crippen LogP contribution in [-0.2, 0) is 18.9 Å². The molecule has 78 heavy (non-hydrogen) atoms. The van der Waals surface area contributed by atoms with Crippen LogP contribution in [0.4, 0.5) is 52.7 Å². The Hall–Kier alpha value is -5.80. The molecule has 0 radical (unpaired) electrons. The Balaban J connectivity index is 1.20. The molecule has 0 amide bonds. The molecular formula is C52H62F12O14. The lowest BCUT2D eigenvalue weighted by Crippen LogP contribution is -2.29. The zero-order chi connectivity index (χ0) is 57.2. The zero-order valence-corrected chi connectivity index (χ0v) is 42.3. The van der Waals surface area contributed by atoms with E-state index in [1.807, 2.05) is 0 Å².